The molecule has 1 heterocycles. The lowest BCUT2D eigenvalue weighted by molar-refractivity contribution is 0.0935. The van der Waals surface area contributed by atoms with Crippen LogP contribution in [0, 0.1) is 6.92 Å². The summed E-state index contributed by atoms with van der Waals surface area (Å²) >= 11 is 1.65. The number of aromatic nitrogens is 2. The summed E-state index contributed by atoms with van der Waals surface area (Å²) in [5, 5.41) is 12.0. The number of nitrogens with zero attached hydrogens (tertiary/aromatic N) is 2. The number of hydrogen-bond donors (Lipinski definition) is 2. The van der Waals surface area contributed by atoms with E-state index in [-0.39, 0.29) is 18.6 Å². The fraction of sp³-hybridized carbons (Fsp3) is 0.467. The standard InChI is InChI=1S/C15H21N3O2S/c1-10-16-13-8-11(4-5-14(13)18(10)2)15(20)17-12(6-7-19)9-21-3/h4-5,8,12,19H,6-7,9H2,1-3H3,(H,17,20). The molecule has 0 saturated heterocycles. The predicted octanol–water partition coefficient (Wildman–Crippen LogP) is 1.73. The summed E-state index contributed by atoms with van der Waals surface area (Å²) in [7, 11) is 1.96. The maximum absolute atomic E-state index is 12.3. The number of fused-ring (bicyclic) bond motifs is 1. The van der Waals surface area contributed by atoms with E-state index < -0.39 is 0 Å². The Morgan fingerprint density at radius 3 is 2.95 bits per heavy atom. The van der Waals surface area contributed by atoms with Crippen molar-refractivity contribution in [3.8, 4) is 0 Å². The molecule has 1 aromatic heterocycles. The van der Waals surface area contributed by atoms with Crippen molar-refractivity contribution in [1.29, 1.82) is 0 Å². The molecule has 0 bridgehead atoms. The zero-order valence-electron chi connectivity index (χ0n) is 12.6. The van der Waals surface area contributed by atoms with Crippen molar-refractivity contribution >= 4 is 28.7 Å². The van der Waals surface area contributed by atoms with Gasteiger partial charge in [-0.3, -0.25) is 4.79 Å². The van der Waals surface area contributed by atoms with Gasteiger partial charge in [0.2, 0.25) is 0 Å². The molecule has 1 aromatic carbocycles. The van der Waals surface area contributed by atoms with E-state index in [1.165, 1.54) is 0 Å². The maximum Gasteiger partial charge on any atom is 0.251 e. The molecule has 21 heavy (non-hydrogen) atoms. The molecule has 1 atom stereocenters. The molecule has 1 amide bonds. The molecule has 0 fully saturated rings. The van der Waals surface area contributed by atoms with Crippen molar-refractivity contribution in [1.82, 2.24) is 14.9 Å². The molecule has 2 N–H and O–H groups in total. The summed E-state index contributed by atoms with van der Waals surface area (Å²) in [5.41, 5.74) is 2.44. The van der Waals surface area contributed by atoms with Crippen LogP contribution in [-0.2, 0) is 7.05 Å². The van der Waals surface area contributed by atoms with Gasteiger partial charge >= 0.3 is 0 Å². The molecule has 0 saturated carbocycles. The highest BCUT2D eigenvalue weighted by molar-refractivity contribution is 7.98. The first kappa shape index (κ1) is 15.9. The minimum absolute atomic E-state index is 0.0151. The second-order valence-electron chi connectivity index (χ2n) is 5.06. The van der Waals surface area contributed by atoms with Crippen LogP contribution in [0.2, 0.25) is 0 Å². The Hall–Kier alpha value is -1.53. The fourth-order valence-corrected chi connectivity index (χ4v) is 2.94. The number of rotatable bonds is 6. The molecule has 0 spiro atoms. The summed E-state index contributed by atoms with van der Waals surface area (Å²) in [5.74, 6) is 1.59. The number of aryl methyl sites for hydroxylation is 2. The van der Waals surface area contributed by atoms with E-state index in [1.807, 2.05) is 43.0 Å². The number of thioether (sulfide) groups is 1. The number of amides is 1. The maximum atomic E-state index is 12.3. The van der Waals surface area contributed by atoms with E-state index in [1.54, 1.807) is 11.8 Å². The molecular weight excluding hydrogens is 286 g/mol. The molecular formula is C15H21N3O2S. The summed E-state index contributed by atoms with van der Waals surface area (Å²) < 4.78 is 2.00. The number of benzene rings is 1. The first-order valence-electron chi connectivity index (χ1n) is 6.90. The number of hydrogen-bond acceptors (Lipinski definition) is 4. The van der Waals surface area contributed by atoms with E-state index in [0.717, 1.165) is 22.6 Å². The smallest absolute Gasteiger partial charge is 0.251 e. The highest BCUT2D eigenvalue weighted by Crippen LogP contribution is 2.16. The number of imidazole rings is 1. The van der Waals surface area contributed by atoms with Crippen molar-refractivity contribution < 1.29 is 9.90 Å². The quantitative estimate of drug-likeness (QED) is 0.853. The van der Waals surface area contributed by atoms with Crippen LogP contribution in [0.25, 0.3) is 11.0 Å². The molecule has 5 nitrogen and oxygen atoms in total. The van der Waals surface area contributed by atoms with Crippen LogP contribution in [0.3, 0.4) is 0 Å². The molecule has 0 aliphatic rings. The van der Waals surface area contributed by atoms with Gasteiger partial charge in [0.15, 0.2) is 0 Å². The van der Waals surface area contributed by atoms with Crippen molar-refractivity contribution in [3.63, 3.8) is 0 Å². The van der Waals surface area contributed by atoms with Crippen molar-refractivity contribution in [3.05, 3.63) is 29.6 Å². The Labute approximate surface area is 128 Å². The van der Waals surface area contributed by atoms with Gasteiger partial charge in [0, 0.05) is 31.0 Å². The third-order valence-corrected chi connectivity index (χ3v) is 4.28. The molecule has 114 valence electrons. The van der Waals surface area contributed by atoms with Crippen molar-refractivity contribution in [2.24, 2.45) is 7.05 Å². The van der Waals surface area contributed by atoms with Crippen LogP contribution >= 0.6 is 11.8 Å². The lowest BCUT2D eigenvalue weighted by atomic mass is 10.1. The van der Waals surface area contributed by atoms with Gasteiger partial charge < -0.3 is 15.0 Å². The van der Waals surface area contributed by atoms with E-state index in [0.29, 0.717) is 12.0 Å². The number of aliphatic hydroxyl groups is 1. The SMILES string of the molecule is CSCC(CCO)NC(=O)c1ccc2c(c1)nc(C)n2C. The first-order valence-corrected chi connectivity index (χ1v) is 8.30. The molecule has 2 aromatic rings. The summed E-state index contributed by atoms with van der Waals surface area (Å²) in [6.07, 6.45) is 2.55. The number of carbonyl (C=O) groups is 1. The number of nitrogens with one attached hydrogen (secondary N) is 1. The summed E-state index contributed by atoms with van der Waals surface area (Å²) in [6.45, 7) is 2.01. The largest absolute Gasteiger partial charge is 0.396 e. The minimum Gasteiger partial charge on any atom is -0.396 e. The monoisotopic (exact) mass is 307 g/mol. The summed E-state index contributed by atoms with van der Waals surface area (Å²) in [4.78, 5) is 16.7. The van der Waals surface area contributed by atoms with Gasteiger partial charge in [0.05, 0.1) is 11.0 Å². The minimum atomic E-state index is -0.118. The van der Waals surface area contributed by atoms with Gasteiger partial charge in [-0.2, -0.15) is 11.8 Å². The molecule has 0 aliphatic heterocycles. The van der Waals surface area contributed by atoms with Crippen LogP contribution in [0.5, 0.6) is 0 Å². The van der Waals surface area contributed by atoms with Crippen molar-refractivity contribution in [2.45, 2.75) is 19.4 Å². The molecule has 6 heteroatoms. The predicted molar refractivity (Wildman–Crippen MR) is 86.8 cm³/mol. The van der Waals surface area contributed by atoms with Crippen LogP contribution in [0.1, 0.15) is 22.6 Å². The van der Waals surface area contributed by atoms with Gasteiger partial charge in [0.25, 0.3) is 5.91 Å². The average molecular weight is 307 g/mol. The van der Waals surface area contributed by atoms with E-state index in [4.69, 9.17) is 5.11 Å². The number of carbonyl (C=O) groups excluding carboxylic acids is 1. The summed E-state index contributed by atoms with van der Waals surface area (Å²) in [6, 6.07) is 5.53. The van der Waals surface area contributed by atoms with E-state index in [2.05, 4.69) is 10.3 Å². The van der Waals surface area contributed by atoms with Crippen molar-refractivity contribution in [2.75, 3.05) is 18.6 Å². The van der Waals surface area contributed by atoms with Gasteiger partial charge in [0.1, 0.15) is 5.82 Å². The Bertz CT molecular complexity index is 633. The van der Waals surface area contributed by atoms with E-state index >= 15 is 0 Å². The van der Waals surface area contributed by atoms with Gasteiger partial charge in [-0.1, -0.05) is 0 Å². The molecule has 0 radical (unpaired) electrons. The third-order valence-electron chi connectivity index (χ3n) is 3.55. The van der Waals surface area contributed by atoms with Gasteiger partial charge in [-0.25, -0.2) is 4.98 Å². The highest BCUT2D eigenvalue weighted by Gasteiger charge is 2.14. The Kier molecular flexibility index (Phi) is 5.25. The highest BCUT2D eigenvalue weighted by atomic mass is 32.2. The second-order valence-corrected chi connectivity index (χ2v) is 5.97. The van der Waals surface area contributed by atoms with Crippen LogP contribution in [0.4, 0.5) is 0 Å². The molecule has 0 aliphatic carbocycles. The Morgan fingerprint density at radius 2 is 2.29 bits per heavy atom. The van der Waals surface area contributed by atoms with Gasteiger partial charge in [-0.15, -0.1) is 0 Å². The van der Waals surface area contributed by atoms with Gasteiger partial charge in [-0.05, 0) is 37.8 Å². The molecule has 2 rings (SSSR count). The lowest BCUT2D eigenvalue weighted by Gasteiger charge is -2.16. The second kappa shape index (κ2) is 6.95. The number of aliphatic hydroxyl groups excluding tert-OH is 1. The molecule has 1 unspecified atom stereocenters. The van der Waals surface area contributed by atoms with Crippen LogP contribution in [-0.4, -0.2) is 45.2 Å². The fourth-order valence-electron chi connectivity index (χ4n) is 2.28. The van der Waals surface area contributed by atoms with Crippen LogP contribution in [0.15, 0.2) is 18.2 Å². The first-order chi connectivity index (χ1) is 10.1. The average Bonchev–Trinajstić information content (AvgIpc) is 2.74. The normalized spacial score (nSPS) is 12.6. The van der Waals surface area contributed by atoms with Crippen LogP contribution < -0.4 is 5.32 Å². The lowest BCUT2D eigenvalue weighted by Crippen LogP contribution is -2.37. The zero-order chi connectivity index (χ0) is 15.4. The topological polar surface area (TPSA) is 67.2 Å². The zero-order valence-corrected chi connectivity index (χ0v) is 13.4. The Balaban J connectivity index is 2.18. The Morgan fingerprint density at radius 1 is 1.52 bits per heavy atom. The van der Waals surface area contributed by atoms with E-state index in [9.17, 15) is 4.79 Å². The third kappa shape index (κ3) is 3.57.